The summed E-state index contributed by atoms with van der Waals surface area (Å²) in [6.07, 6.45) is 1.48. The predicted molar refractivity (Wildman–Crippen MR) is 126 cm³/mol. The molecule has 1 aliphatic carbocycles. The summed E-state index contributed by atoms with van der Waals surface area (Å²) in [5.41, 5.74) is -0.00855. The Morgan fingerprint density at radius 2 is 1.86 bits per heavy atom. The van der Waals surface area contributed by atoms with Crippen LogP contribution in [0.2, 0.25) is 0 Å². The molecule has 1 saturated carbocycles. The highest BCUT2D eigenvalue weighted by atomic mass is 19.4. The van der Waals surface area contributed by atoms with E-state index in [-0.39, 0.29) is 29.1 Å². The minimum absolute atomic E-state index is 0.00680. The first-order valence-electron chi connectivity index (χ1n) is 12.4. The van der Waals surface area contributed by atoms with Gasteiger partial charge in [-0.25, -0.2) is 4.98 Å². The maximum absolute atomic E-state index is 12.4. The lowest BCUT2D eigenvalue weighted by Crippen LogP contribution is -2.51. The third-order valence-electron chi connectivity index (χ3n) is 7.51. The van der Waals surface area contributed by atoms with Crippen molar-refractivity contribution in [1.29, 1.82) is 0 Å². The second kappa shape index (κ2) is 11.8. The van der Waals surface area contributed by atoms with E-state index in [2.05, 4.69) is 26.6 Å². The van der Waals surface area contributed by atoms with Crippen molar-refractivity contribution in [2.45, 2.75) is 45.2 Å². The third-order valence-corrected chi connectivity index (χ3v) is 7.51. The topological polar surface area (TPSA) is 70.9 Å². The number of hydrogen-bond donors (Lipinski definition) is 0. The van der Waals surface area contributed by atoms with Gasteiger partial charge in [-0.15, -0.1) is 13.2 Å². The van der Waals surface area contributed by atoms with Gasteiger partial charge in [0.2, 0.25) is 0 Å². The quantitative estimate of drug-likeness (QED) is 0.476. The highest BCUT2D eigenvalue weighted by Crippen LogP contribution is 2.47. The van der Waals surface area contributed by atoms with Gasteiger partial charge in [0.05, 0.1) is 25.9 Å². The van der Waals surface area contributed by atoms with Gasteiger partial charge in [-0.05, 0) is 55.5 Å². The lowest BCUT2D eigenvalue weighted by Gasteiger charge is -2.49. The number of halogens is 3. The van der Waals surface area contributed by atoms with Crippen LogP contribution in [0.5, 0.6) is 11.5 Å². The van der Waals surface area contributed by atoms with Gasteiger partial charge in [0.1, 0.15) is 24.2 Å². The fourth-order valence-electron chi connectivity index (χ4n) is 5.54. The van der Waals surface area contributed by atoms with Crippen LogP contribution >= 0.6 is 0 Å². The molecule has 8 nitrogen and oxygen atoms in total. The molecule has 0 N–H and O–H groups in total. The number of rotatable bonds is 10. The van der Waals surface area contributed by atoms with Crippen LogP contribution in [0.1, 0.15) is 26.2 Å². The molecule has 0 spiro atoms. The monoisotopic (exact) mass is 512 g/mol. The Hall–Kier alpha value is -2.37. The van der Waals surface area contributed by atoms with E-state index >= 15 is 0 Å². The van der Waals surface area contributed by atoms with E-state index in [0.29, 0.717) is 18.9 Å². The minimum atomic E-state index is -4.72. The third kappa shape index (κ3) is 7.10. The molecule has 2 aliphatic rings. The number of aromatic nitrogens is 3. The van der Waals surface area contributed by atoms with Crippen molar-refractivity contribution in [2.24, 2.45) is 17.3 Å². The van der Waals surface area contributed by atoms with Crippen LogP contribution in [0.3, 0.4) is 0 Å². The summed E-state index contributed by atoms with van der Waals surface area (Å²) >= 11 is 0. The van der Waals surface area contributed by atoms with Gasteiger partial charge in [-0.1, -0.05) is 6.92 Å². The Morgan fingerprint density at radius 1 is 1.14 bits per heavy atom. The lowest BCUT2D eigenvalue weighted by molar-refractivity contribution is -0.274. The highest BCUT2D eigenvalue weighted by molar-refractivity contribution is 5.31. The smallest absolute Gasteiger partial charge is 0.493 e. The van der Waals surface area contributed by atoms with Gasteiger partial charge in [0.25, 0.3) is 0 Å². The molecule has 0 bridgehead atoms. The van der Waals surface area contributed by atoms with Gasteiger partial charge in [-0.3, -0.25) is 9.58 Å². The minimum Gasteiger partial charge on any atom is -0.493 e. The molecule has 36 heavy (non-hydrogen) atoms. The molecule has 0 amide bonds. The molecule has 2 fully saturated rings. The van der Waals surface area contributed by atoms with E-state index in [1.165, 1.54) is 30.6 Å². The molecule has 200 valence electrons. The Kier molecular flexibility index (Phi) is 8.74. The van der Waals surface area contributed by atoms with Crippen LogP contribution in [0.15, 0.2) is 36.9 Å². The van der Waals surface area contributed by atoms with E-state index < -0.39 is 6.36 Å². The van der Waals surface area contributed by atoms with Gasteiger partial charge in [-0.2, -0.15) is 5.10 Å². The summed E-state index contributed by atoms with van der Waals surface area (Å²) in [7, 11) is 1.77. The number of benzene rings is 1. The molecule has 0 unspecified atom stereocenters. The maximum atomic E-state index is 12.4. The number of ether oxygens (including phenoxy) is 4. The van der Waals surface area contributed by atoms with Crippen LogP contribution < -0.4 is 9.47 Å². The molecule has 0 radical (unpaired) electrons. The molecular formula is C25H35F3N4O4. The fraction of sp³-hybridized carbons (Fsp3) is 0.680. The normalized spacial score (nSPS) is 27.6. The summed E-state index contributed by atoms with van der Waals surface area (Å²) < 4.78 is 60.8. The molecule has 1 aromatic carbocycles. The summed E-state index contributed by atoms with van der Waals surface area (Å²) in [5.74, 6) is 0.542. The molecular weight excluding hydrogens is 477 g/mol. The van der Waals surface area contributed by atoms with Crippen molar-refractivity contribution in [2.75, 3.05) is 46.6 Å². The predicted octanol–water partition coefficient (Wildman–Crippen LogP) is 4.03. The molecule has 2 aromatic rings. The molecule has 4 atom stereocenters. The second-order valence-corrected chi connectivity index (χ2v) is 9.92. The average Bonchev–Trinajstić information content (AvgIpc) is 3.36. The van der Waals surface area contributed by atoms with E-state index in [4.69, 9.17) is 14.2 Å². The van der Waals surface area contributed by atoms with E-state index in [0.717, 1.165) is 52.1 Å². The largest absolute Gasteiger partial charge is 0.573 e. The van der Waals surface area contributed by atoms with Crippen LogP contribution in [-0.2, 0) is 16.0 Å². The summed E-state index contributed by atoms with van der Waals surface area (Å²) in [6, 6.07) is 5.52. The first-order chi connectivity index (χ1) is 17.3. The van der Waals surface area contributed by atoms with Crippen LogP contribution in [0.25, 0.3) is 0 Å². The highest BCUT2D eigenvalue weighted by Gasteiger charge is 2.47. The summed E-state index contributed by atoms with van der Waals surface area (Å²) in [4.78, 5) is 6.55. The first kappa shape index (κ1) is 26.7. The Morgan fingerprint density at radius 3 is 2.50 bits per heavy atom. The van der Waals surface area contributed by atoms with Crippen molar-refractivity contribution in [3.63, 3.8) is 0 Å². The zero-order valence-corrected chi connectivity index (χ0v) is 20.8. The van der Waals surface area contributed by atoms with Crippen LogP contribution in [0, 0.1) is 17.3 Å². The molecule has 1 aromatic heterocycles. The molecule has 4 rings (SSSR count). The molecule has 11 heteroatoms. The zero-order valence-electron chi connectivity index (χ0n) is 20.8. The number of morpholine rings is 1. The maximum Gasteiger partial charge on any atom is 0.573 e. The van der Waals surface area contributed by atoms with Crippen molar-refractivity contribution in [3.05, 3.63) is 36.9 Å². The number of methoxy groups -OCH3 is 1. The molecule has 1 aliphatic heterocycles. The number of nitrogens with zero attached hydrogens (tertiary/aromatic N) is 4. The Labute approximate surface area is 209 Å². The van der Waals surface area contributed by atoms with Crippen molar-refractivity contribution in [1.82, 2.24) is 19.7 Å². The van der Waals surface area contributed by atoms with Crippen molar-refractivity contribution in [3.8, 4) is 11.5 Å². The number of hydrogen-bond acceptors (Lipinski definition) is 7. The van der Waals surface area contributed by atoms with Gasteiger partial charge in [0.15, 0.2) is 0 Å². The van der Waals surface area contributed by atoms with E-state index in [1.54, 1.807) is 13.4 Å². The summed E-state index contributed by atoms with van der Waals surface area (Å²) in [5, 5.41) is 4.32. The second-order valence-electron chi connectivity index (χ2n) is 9.92. The van der Waals surface area contributed by atoms with Crippen molar-refractivity contribution < 1.29 is 32.1 Å². The zero-order chi connectivity index (χ0) is 25.6. The fourth-order valence-corrected chi connectivity index (χ4v) is 5.54. The Bertz CT molecular complexity index is 922. The van der Waals surface area contributed by atoms with Crippen LogP contribution in [0.4, 0.5) is 13.2 Å². The Balaban J connectivity index is 1.43. The van der Waals surface area contributed by atoms with Crippen LogP contribution in [-0.4, -0.2) is 78.7 Å². The molecule has 2 heterocycles. The van der Waals surface area contributed by atoms with Crippen molar-refractivity contribution >= 4 is 0 Å². The molecule has 1 saturated heterocycles. The SMILES string of the molecule is CO[C@@H]1[C@@H](Cn2cncn2)[C@H](COc2ccc(OC(F)(F)F)cc2)CC[C@@]1(C)CCN1CCOCC1. The van der Waals surface area contributed by atoms with E-state index in [1.807, 2.05) is 4.68 Å². The lowest BCUT2D eigenvalue weighted by atomic mass is 9.62. The standard InChI is InChI=1S/C25H35F3N4O4/c1-24(9-10-31-11-13-34-14-12-31)8-7-19(22(23(24)33-2)15-32-18-29-17-30-32)16-35-20-3-5-21(6-4-20)36-25(26,27)28/h3-6,17-19,22-23H,7-16H2,1-2H3/t19-,22-,23+,24-/m0/s1. The van der Waals surface area contributed by atoms with Gasteiger partial charge in [0, 0.05) is 38.6 Å². The van der Waals surface area contributed by atoms with E-state index in [9.17, 15) is 13.2 Å². The number of alkyl halides is 3. The van der Waals surface area contributed by atoms with Gasteiger partial charge >= 0.3 is 6.36 Å². The first-order valence-corrected chi connectivity index (χ1v) is 12.4. The average molecular weight is 513 g/mol. The summed E-state index contributed by atoms with van der Waals surface area (Å²) in [6.45, 7) is 7.87. The van der Waals surface area contributed by atoms with Gasteiger partial charge < -0.3 is 18.9 Å².